The molecule has 166 valence electrons. The van der Waals surface area contributed by atoms with Gasteiger partial charge in [-0.2, -0.15) is 0 Å². The van der Waals surface area contributed by atoms with Crippen LogP contribution in [0.25, 0.3) is 0 Å². The van der Waals surface area contributed by atoms with Gasteiger partial charge in [0.15, 0.2) is 0 Å². The number of halogens is 2. The lowest BCUT2D eigenvalue weighted by Crippen LogP contribution is -2.50. The Hall–Kier alpha value is -2.04. The number of carbonyl (C=O) groups excluding carboxylic acids is 2. The van der Waals surface area contributed by atoms with Crippen LogP contribution in [0.1, 0.15) is 55.7 Å². The van der Waals surface area contributed by atoms with Crippen molar-refractivity contribution in [1.29, 1.82) is 0 Å². The van der Waals surface area contributed by atoms with Gasteiger partial charge in [0.1, 0.15) is 6.04 Å². The molecule has 2 amide bonds. The third-order valence-corrected chi connectivity index (χ3v) is 6.82. The normalized spacial score (nSPS) is 15.4. The quantitative estimate of drug-likeness (QED) is 0.574. The van der Waals surface area contributed by atoms with Crippen molar-refractivity contribution in [3.63, 3.8) is 0 Å². The van der Waals surface area contributed by atoms with E-state index < -0.39 is 6.04 Å². The van der Waals surface area contributed by atoms with Gasteiger partial charge < -0.3 is 10.2 Å². The predicted molar refractivity (Wildman–Crippen MR) is 126 cm³/mol. The molecule has 6 heteroatoms. The zero-order chi connectivity index (χ0) is 22.4. The van der Waals surface area contributed by atoms with Crippen LogP contribution in [0.2, 0.25) is 10.0 Å². The smallest absolute Gasteiger partial charge is 0.242 e. The maximum atomic E-state index is 13.4. The molecule has 0 radical (unpaired) electrons. The fraction of sp³-hybridized carbons (Fsp3) is 0.440. The standard InChI is InChI=1S/C25H30Cl2N2O2/c1-17-9-6-7-10-19(17)15-24(30)29(16-21-22(26)13-8-14-23(21)27)18(2)25(31)28-20-11-4-3-5-12-20/h6-10,13-14,18,20H,3-5,11-12,15-16H2,1-2H3,(H,28,31). The van der Waals surface area contributed by atoms with Crippen molar-refractivity contribution in [2.24, 2.45) is 0 Å². The van der Waals surface area contributed by atoms with Gasteiger partial charge in [0.25, 0.3) is 0 Å². The summed E-state index contributed by atoms with van der Waals surface area (Å²) in [5.41, 5.74) is 2.65. The molecule has 1 unspecified atom stereocenters. The summed E-state index contributed by atoms with van der Waals surface area (Å²) < 4.78 is 0. The average molecular weight is 461 g/mol. The van der Waals surface area contributed by atoms with Gasteiger partial charge in [-0.3, -0.25) is 9.59 Å². The molecule has 31 heavy (non-hydrogen) atoms. The lowest BCUT2D eigenvalue weighted by Gasteiger charge is -2.32. The molecule has 0 heterocycles. The Morgan fingerprint density at radius 2 is 1.68 bits per heavy atom. The molecule has 0 aromatic heterocycles. The van der Waals surface area contributed by atoms with Gasteiger partial charge in [-0.25, -0.2) is 0 Å². The first-order valence-corrected chi connectivity index (χ1v) is 11.7. The molecule has 1 fully saturated rings. The summed E-state index contributed by atoms with van der Waals surface area (Å²) >= 11 is 12.8. The maximum absolute atomic E-state index is 13.4. The molecule has 4 nitrogen and oxygen atoms in total. The minimum Gasteiger partial charge on any atom is -0.352 e. The molecule has 3 rings (SSSR count). The molecule has 1 saturated carbocycles. The van der Waals surface area contributed by atoms with Crippen LogP contribution in [0.15, 0.2) is 42.5 Å². The number of aryl methyl sites for hydroxylation is 1. The van der Waals surface area contributed by atoms with Gasteiger partial charge >= 0.3 is 0 Å². The molecule has 1 atom stereocenters. The SMILES string of the molecule is Cc1ccccc1CC(=O)N(Cc1c(Cl)cccc1Cl)C(C)C(=O)NC1CCCCC1. The zero-order valence-corrected chi connectivity index (χ0v) is 19.7. The van der Waals surface area contributed by atoms with Gasteiger partial charge in [-0.1, -0.05) is 72.8 Å². The van der Waals surface area contributed by atoms with Crippen LogP contribution in [0, 0.1) is 6.92 Å². The van der Waals surface area contributed by atoms with Gasteiger partial charge in [0, 0.05) is 28.2 Å². The third-order valence-electron chi connectivity index (χ3n) is 6.11. The van der Waals surface area contributed by atoms with Gasteiger partial charge in [-0.15, -0.1) is 0 Å². The monoisotopic (exact) mass is 460 g/mol. The Morgan fingerprint density at radius 3 is 2.32 bits per heavy atom. The van der Waals surface area contributed by atoms with Gasteiger partial charge in [-0.05, 0) is 49.9 Å². The molecule has 1 aliphatic rings. The zero-order valence-electron chi connectivity index (χ0n) is 18.2. The van der Waals surface area contributed by atoms with E-state index in [4.69, 9.17) is 23.2 Å². The number of carbonyl (C=O) groups is 2. The fourth-order valence-electron chi connectivity index (χ4n) is 4.08. The minimum absolute atomic E-state index is 0.128. The summed E-state index contributed by atoms with van der Waals surface area (Å²) in [4.78, 5) is 28.1. The molecule has 0 bridgehead atoms. The van der Waals surface area contributed by atoms with E-state index in [9.17, 15) is 9.59 Å². The Morgan fingerprint density at radius 1 is 1.03 bits per heavy atom. The highest BCUT2D eigenvalue weighted by Crippen LogP contribution is 2.27. The number of benzene rings is 2. The second-order valence-electron chi connectivity index (χ2n) is 8.34. The summed E-state index contributed by atoms with van der Waals surface area (Å²) in [5, 5.41) is 4.12. The predicted octanol–water partition coefficient (Wildman–Crippen LogP) is 5.71. The lowest BCUT2D eigenvalue weighted by molar-refractivity contribution is -0.140. The lowest BCUT2D eigenvalue weighted by atomic mass is 9.95. The molecule has 1 N–H and O–H groups in total. The summed E-state index contributed by atoms with van der Waals surface area (Å²) in [6.45, 7) is 3.94. The molecule has 0 saturated heterocycles. The van der Waals surface area contributed by atoms with Crippen LogP contribution in [-0.4, -0.2) is 28.8 Å². The van der Waals surface area contributed by atoms with E-state index in [0.717, 1.165) is 36.8 Å². The summed E-state index contributed by atoms with van der Waals surface area (Å²) in [7, 11) is 0. The van der Waals surface area contributed by atoms with Crippen LogP contribution in [0.5, 0.6) is 0 Å². The number of rotatable bonds is 7. The van der Waals surface area contributed by atoms with Crippen molar-refractivity contribution in [2.75, 3.05) is 0 Å². The van der Waals surface area contributed by atoms with Crippen LogP contribution in [0.3, 0.4) is 0 Å². The summed E-state index contributed by atoms with van der Waals surface area (Å²) in [6.07, 6.45) is 5.68. The highest BCUT2D eigenvalue weighted by Gasteiger charge is 2.29. The van der Waals surface area contributed by atoms with E-state index >= 15 is 0 Å². The first-order valence-electron chi connectivity index (χ1n) is 10.9. The molecule has 1 aliphatic carbocycles. The van der Waals surface area contributed by atoms with Crippen LogP contribution in [-0.2, 0) is 22.6 Å². The Kier molecular flexibility index (Phi) is 8.39. The van der Waals surface area contributed by atoms with Crippen molar-refractivity contribution >= 4 is 35.0 Å². The molecule has 0 aliphatic heterocycles. The molecule has 2 aromatic rings. The van der Waals surface area contributed by atoms with Crippen LogP contribution < -0.4 is 5.32 Å². The molecular weight excluding hydrogens is 431 g/mol. The van der Waals surface area contributed by atoms with E-state index in [-0.39, 0.29) is 30.8 Å². The highest BCUT2D eigenvalue weighted by molar-refractivity contribution is 6.36. The first kappa shape index (κ1) is 23.6. The number of nitrogens with zero attached hydrogens (tertiary/aromatic N) is 1. The summed E-state index contributed by atoms with van der Waals surface area (Å²) in [5.74, 6) is -0.259. The number of nitrogens with one attached hydrogen (secondary N) is 1. The van der Waals surface area contributed by atoms with Crippen molar-refractivity contribution in [3.8, 4) is 0 Å². The van der Waals surface area contributed by atoms with Crippen molar-refractivity contribution < 1.29 is 9.59 Å². The highest BCUT2D eigenvalue weighted by atomic mass is 35.5. The second kappa shape index (κ2) is 11.0. The van der Waals surface area contributed by atoms with E-state index in [2.05, 4.69) is 5.32 Å². The maximum Gasteiger partial charge on any atom is 0.242 e. The Balaban J connectivity index is 1.82. The fourth-order valence-corrected chi connectivity index (χ4v) is 4.59. The van der Waals surface area contributed by atoms with E-state index in [1.54, 1.807) is 30.0 Å². The average Bonchev–Trinajstić information content (AvgIpc) is 2.75. The summed E-state index contributed by atoms with van der Waals surface area (Å²) in [6, 6.07) is 12.6. The third kappa shape index (κ3) is 6.24. The largest absolute Gasteiger partial charge is 0.352 e. The molecule has 2 aromatic carbocycles. The number of hydrogen-bond acceptors (Lipinski definition) is 2. The topological polar surface area (TPSA) is 49.4 Å². The molecular formula is C25H30Cl2N2O2. The van der Waals surface area contributed by atoms with Crippen LogP contribution >= 0.6 is 23.2 Å². The minimum atomic E-state index is -0.634. The number of hydrogen-bond donors (Lipinski definition) is 1. The molecule has 0 spiro atoms. The van der Waals surface area contributed by atoms with E-state index in [0.29, 0.717) is 15.6 Å². The van der Waals surface area contributed by atoms with Gasteiger partial charge in [0.05, 0.1) is 6.42 Å². The van der Waals surface area contributed by atoms with Crippen molar-refractivity contribution in [1.82, 2.24) is 10.2 Å². The Bertz CT molecular complexity index is 905. The number of amides is 2. The van der Waals surface area contributed by atoms with Crippen molar-refractivity contribution in [3.05, 3.63) is 69.2 Å². The second-order valence-corrected chi connectivity index (χ2v) is 9.16. The first-order chi connectivity index (χ1) is 14.9. The van der Waals surface area contributed by atoms with Crippen LogP contribution in [0.4, 0.5) is 0 Å². The van der Waals surface area contributed by atoms with Crippen molar-refractivity contribution in [2.45, 2.75) is 71.0 Å². The Labute approximate surface area is 194 Å². The van der Waals surface area contributed by atoms with E-state index in [1.807, 2.05) is 31.2 Å². The van der Waals surface area contributed by atoms with E-state index in [1.165, 1.54) is 6.42 Å². The van der Waals surface area contributed by atoms with Gasteiger partial charge in [0.2, 0.25) is 11.8 Å².